The van der Waals surface area contributed by atoms with Gasteiger partial charge in [0.05, 0.1) is 22.1 Å². The number of halogens is 1. The van der Waals surface area contributed by atoms with E-state index >= 15 is 0 Å². The van der Waals surface area contributed by atoms with Gasteiger partial charge in [0.1, 0.15) is 11.0 Å². The van der Waals surface area contributed by atoms with Gasteiger partial charge in [-0.15, -0.1) is 0 Å². The fourth-order valence-corrected chi connectivity index (χ4v) is 13.7. The van der Waals surface area contributed by atoms with Crippen LogP contribution in [0, 0.1) is 0 Å². The third-order valence-corrected chi connectivity index (χ3v) is 18.5. The van der Waals surface area contributed by atoms with E-state index in [4.69, 9.17) is 8.83 Å². The van der Waals surface area contributed by atoms with Crippen LogP contribution in [-0.2, 0) is 0 Å². The normalized spacial score (nSPS) is 11.3. The highest BCUT2D eigenvalue weighted by Gasteiger charge is 2.20. The SMILES string of the molecule is Brc1ccccc1-c1ccc(-c2nc3ccccc3o2)cc1.OB(O)c1ccccc1-c1ccc(-n2c3ccccc3c3ccccc32)cc1.c1ccc(-c2ccccc2-c2ccc(-n3c4ccccc4c4ccccc43)cc2)c(-c2ccc(-c3nc4ccccc4o3)cc2)c1. The minimum absolute atomic E-state index is 0.507. The highest BCUT2D eigenvalue weighted by molar-refractivity contribution is 9.10. The third-order valence-electron chi connectivity index (χ3n) is 17.8. The molecular weight excluding hydrogens is 1240 g/mol. The molecule has 0 aliphatic carbocycles. The van der Waals surface area contributed by atoms with Crippen LogP contribution in [0.15, 0.2) is 353 Å². The van der Waals surface area contributed by atoms with Crippen molar-refractivity contribution in [3.8, 4) is 89.9 Å². The maximum Gasteiger partial charge on any atom is 0.489 e. The number of nitrogens with zero attached hydrogens (tertiary/aromatic N) is 4. The highest BCUT2D eigenvalue weighted by Crippen LogP contribution is 2.41. The van der Waals surface area contributed by atoms with Crippen LogP contribution in [-0.4, -0.2) is 36.3 Å². The van der Waals surface area contributed by atoms with Gasteiger partial charge in [0.25, 0.3) is 0 Å². The number of hydrogen-bond donors (Lipinski definition) is 2. The molecule has 10 heteroatoms. The molecule has 0 spiro atoms. The van der Waals surface area contributed by atoms with Gasteiger partial charge < -0.3 is 28.0 Å². The Morgan fingerprint density at radius 3 is 0.958 bits per heavy atom. The molecule has 0 aliphatic rings. The van der Waals surface area contributed by atoms with E-state index in [-0.39, 0.29) is 0 Å². The number of para-hydroxylation sites is 8. The van der Waals surface area contributed by atoms with Crippen molar-refractivity contribution >= 4 is 94.3 Å². The molecule has 0 unspecified atom stereocenters. The van der Waals surface area contributed by atoms with Crippen molar-refractivity contribution in [1.82, 2.24) is 19.1 Å². The first-order valence-electron chi connectivity index (χ1n) is 31.9. The number of aromatic nitrogens is 4. The van der Waals surface area contributed by atoms with Crippen LogP contribution in [0.4, 0.5) is 0 Å². The van der Waals surface area contributed by atoms with Gasteiger partial charge in [0, 0.05) is 48.5 Å². The quantitative estimate of drug-likeness (QED) is 0.132. The van der Waals surface area contributed by atoms with E-state index in [1.807, 2.05) is 109 Å². The number of rotatable bonds is 10. The first kappa shape index (κ1) is 59.1. The summed E-state index contributed by atoms with van der Waals surface area (Å²) >= 11 is 3.59. The van der Waals surface area contributed by atoms with E-state index in [0.717, 1.165) is 71.4 Å². The summed E-state index contributed by atoms with van der Waals surface area (Å²) in [5.74, 6) is 1.29. The minimum Gasteiger partial charge on any atom is -0.436 e. The second kappa shape index (κ2) is 25.9. The maximum atomic E-state index is 9.66. The van der Waals surface area contributed by atoms with Crippen LogP contribution in [0.1, 0.15) is 0 Å². The van der Waals surface area contributed by atoms with E-state index in [2.05, 4.69) is 259 Å². The van der Waals surface area contributed by atoms with Crippen molar-refractivity contribution < 1.29 is 18.9 Å². The Morgan fingerprint density at radius 2 is 0.562 bits per heavy atom. The van der Waals surface area contributed by atoms with E-state index < -0.39 is 7.12 Å². The Morgan fingerprint density at radius 1 is 0.271 bits per heavy atom. The topological polar surface area (TPSA) is 102 Å². The highest BCUT2D eigenvalue weighted by atomic mass is 79.9. The smallest absolute Gasteiger partial charge is 0.436 e. The number of oxazole rings is 2. The fourth-order valence-electron chi connectivity index (χ4n) is 13.2. The lowest BCUT2D eigenvalue weighted by atomic mass is 9.75. The minimum atomic E-state index is -1.49. The summed E-state index contributed by atoms with van der Waals surface area (Å²) in [5, 5.41) is 24.3. The average Bonchev–Trinajstić information content (AvgIpc) is 1.60. The second-order valence-electron chi connectivity index (χ2n) is 23.5. The van der Waals surface area contributed by atoms with Gasteiger partial charge in [-0.1, -0.05) is 253 Å². The first-order chi connectivity index (χ1) is 47.4. The fraction of sp³-hybridized carbons (Fsp3) is 0. The number of benzene rings is 14. The molecule has 96 heavy (non-hydrogen) atoms. The monoisotopic (exact) mass is 1300 g/mol. The van der Waals surface area contributed by atoms with E-state index in [1.165, 1.54) is 77.0 Å². The number of fused-ring (bicyclic) bond motifs is 8. The molecule has 14 aromatic carbocycles. The maximum absolute atomic E-state index is 9.66. The molecule has 0 amide bonds. The van der Waals surface area contributed by atoms with Crippen molar-refractivity contribution in [2.75, 3.05) is 0 Å². The summed E-state index contributed by atoms with van der Waals surface area (Å²) < 4.78 is 17.5. The molecule has 0 bridgehead atoms. The Balaban J connectivity index is 0.000000123. The molecule has 0 atom stereocenters. The predicted octanol–water partition coefficient (Wildman–Crippen LogP) is 21.6. The lowest BCUT2D eigenvalue weighted by Gasteiger charge is -2.15. The van der Waals surface area contributed by atoms with Gasteiger partial charge in [0.2, 0.25) is 11.8 Å². The van der Waals surface area contributed by atoms with Gasteiger partial charge in [-0.3, -0.25) is 0 Å². The van der Waals surface area contributed by atoms with Crippen LogP contribution in [0.2, 0.25) is 0 Å². The van der Waals surface area contributed by atoms with Crippen LogP contribution >= 0.6 is 15.9 Å². The Labute approximate surface area is 562 Å². The lowest BCUT2D eigenvalue weighted by Crippen LogP contribution is -2.31. The predicted molar refractivity (Wildman–Crippen MR) is 399 cm³/mol. The van der Waals surface area contributed by atoms with E-state index in [9.17, 15) is 10.0 Å². The lowest BCUT2D eigenvalue weighted by molar-refractivity contribution is 0.426. The molecule has 456 valence electrons. The molecular formula is C86H58BBrN4O4. The second-order valence-corrected chi connectivity index (χ2v) is 24.3. The van der Waals surface area contributed by atoms with Gasteiger partial charge >= 0.3 is 7.12 Å². The van der Waals surface area contributed by atoms with Crippen LogP contribution in [0.25, 0.3) is 156 Å². The molecule has 18 rings (SSSR count). The molecule has 4 heterocycles. The van der Waals surface area contributed by atoms with Crippen LogP contribution in [0.5, 0.6) is 0 Å². The van der Waals surface area contributed by atoms with Crippen molar-refractivity contribution in [3.63, 3.8) is 0 Å². The van der Waals surface area contributed by atoms with E-state index in [0.29, 0.717) is 17.2 Å². The zero-order chi connectivity index (χ0) is 64.5. The molecule has 2 N–H and O–H groups in total. The Bertz CT molecular complexity index is 5660. The summed E-state index contributed by atoms with van der Waals surface area (Å²) in [4.78, 5) is 9.21. The molecule has 0 fully saturated rings. The first-order valence-corrected chi connectivity index (χ1v) is 32.6. The molecule has 0 saturated heterocycles. The zero-order valence-electron chi connectivity index (χ0n) is 51.8. The molecule has 0 saturated carbocycles. The molecule has 0 aliphatic heterocycles. The molecule has 18 aromatic rings. The summed E-state index contributed by atoms with van der Waals surface area (Å²) in [5.41, 5.74) is 24.0. The summed E-state index contributed by atoms with van der Waals surface area (Å²) in [6.45, 7) is 0. The summed E-state index contributed by atoms with van der Waals surface area (Å²) in [6.07, 6.45) is 0. The standard InChI is InChI=1S/C43H28N2O.C24H18BNO2.C19H12BrNO/c1-3-13-35(33(11-1)29-21-23-31(24-22-29)43-44-39-17-7-10-20-42(39)46-43)36-14-4-2-12-34(36)30-25-27-32(28-26-30)45-40-18-8-5-15-37(40)38-16-6-9-19-41(38)45;27-25(28)22-10-4-1-7-19(22)17-13-15-18(16-14-17)26-23-11-5-2-8-20(23)21-9-3-6-12-24(21)26;20-16-6-2-1-5-15(16)13-9-11-14(12-10-13)19-21-17-7-3-4-8-18(17)22-19/h1-28H;1-16,27-28H;1-12H. The zero-order valence-corrected chi connectivity index (χ0v) is 53.4. The van der Waals surface area contributed by atoms with Gasteiger partial charge in [0.15, 0.2) is 11.2 Å². The van der Waals surface area contributed by atoms with Crippen molar-refractivity contribution in [1.29, 1.82) is 0 Å². The summed E-state index contributed by atoms with van der Waals surface area (Å²) in [7, 11) is -1.49. The van der Waals surface area contributed by atoms with Crippen molar-refractivity contribution in [2.45, 2.75) is 0 Å². The Kier molecular flexibility index (Phi) is 15.9. The number of hydrogen-bond acceptors (Lipinski definition) is 6. The molecule has 8 nitrogen and oxygen atoms in total. The molecule has 4 aromatic heterocycles. The average molecular weight is 1300 g/mol. The third kappa shape index (κ3) is 11.3. The van der Waals surface area contributed by atoms with Gasteiger partial charge in [-0.05, 0) is 164 Å². The largest absolute Gasteiger partial charge is 0.489 e. The van der Waals surface area contributed by atoms with Gasteiger partial charge in [-0.2, -0.15) is 0 Å². The van der Waals surface area contributed by atoms with E-state index in [1.54, 1.807) is 6.07 Å². The summed E-state index contributed by atoms with van der Waals surface area (Å²) in [6, 6.07) is 117. The van der Waals surface area contributed by atoms with Crippen molar-refractivity contribution in [2.24, 2.45) is 0 Å². The van der Waals surface area contributed by atoms with Gasteiger partial charge in [-0.25, -0.2) is 9.97 Å². The van der Waals surface area contributed by atoms with Crippen LogP contribution < -0.4 is 5.46 Å². The molecule has 0 radical (unpaired) electrons. The Hall–Kier alpha value is -11.9. The van der Waals surface area contributed by atoms with Crippen LogP contribution in [0.3, 0.4) is 0 Å². The van der Waals surface area contributed by atoms with Crippen molar-refractivity contribution in [3.05, 3.63) is 344 Å².